The first-order valence-corrected chi connectivity index (χ1v) is 5.89. The molecule has 0 atom stereocenters. The summed E-state index contributed by atoms with van der Waals surface area (Å²) in [5, 5.41) is 2.97. The molecule has 4 nitrogen and oxygen atoms in total. The molecule has 1 rings (SSSR count). The number of hydrogen-bond acceptors (Lipinski definition) is 3. The zero-order valence-corrected chi connectivity index (χ0v) is 9.88. The highest BCUT2D eigenvalue weighted by molar-refractivity contribution is 5.85. The number of carbonyl (C=O) groups excluding carboxylic acids is 1. The highest BCUT2D eigenvalue weighted by Crippen LogP contribution is 2.44. The number of carbonyl (C=O) groups is 1. The first-order chi connectivity index (χ1) is 7.18. The van der Waals surface area contributed by atoms with E-state index in [0.717, 1.165) is 39.0 Å². The van der Waals surface area contributed by atoms with Crippen LogP contribution in [0.1, 0.15) is 26.7 Å². The SMILES string of the molecule is CCN(CC)CCNC(=O)C1(CN)CC1. The molecule has 0 bridgehead atoms. The summed E-state index contributed by atoms with van der Waals surface area (Å²) in [6.45, 7) is 8.50. The quantitative estimate of drug-likeness (QED) is 0.634. The molecular weight excluding hydrogens is 190 g/mol. The van der Waals surface area contributed by atoms with Gasteiger partial charge in [0.1, 0.15) is 0 Å². The van der Waals surface area contributed by atoms with E-state index >= 15 is 0 Å². The Bertz CT molecular complexity index is 210. The van der Waals surface area contributed by atoms with Crippen LogP contribution in [0.15, 0.2) is 0 Å². The third-order valence-corrected chi connectivity index (χ3v) is 3.33. The molecule has 1 fully saturated rings. The van der Waals surface area contributed by atoms with Crippen LogP contribution in [-0.4, -0.2) is 43.5 Å². The number of nitrogens with two attached hydrogens (primary N) is 1. The lowest BCUT2D eigenvalue weighted by atomic mass is 10.1. The average Bonchev–Trinajstić information content (AvgIpc) is 3.05. The minimum absolute atomic E-state index is 0.150. The van der Waals surface area contributed by atoms with E-state index in [-0.39, 0.29) is 11.3 Å². The molecule has 1 saturated carbocycles. The van der Waals surface area contributed by atoms with Crippen LogP contribution in [0.3, 0.4) is 0 Å². The van der Waals surface area contributed by atoms with Gasteiger partial charge in [0.05, 0.1) is 5.41 Å². The molecule has 0 aliphatic heterocycles. The molecule has 1 aliphatic carbocycles. The summed E-state index contributed by atoms with van der Waals surface area (Å²) < 4.78 is 0. The van der Waals surface area contributed by atoms with Crippen LogP contribution in [0, 0.1) is 5.41 Å². The molecule has 88 valence electrons. The van der Waals surface area contributed by atoms with Gasteiger partial charge >= 0.3 is 0 Å². The fourth-order valence-corrected chi connectivity index (χ4v) is 1.73. The van der Waals surface area contributed by atoms with E-state index in [9.17, 15) is 4.79 Å². The Morgan fingerprint density at radius 2 is 2.00 bits per heavy atom. The van der Waals surface area contributed by atoms with Gasteiger partial charge in [-0.15, -0.1) is 0 Å². The Hall–Kier alpha value is -0.610. The van der Waals surface area contributed by atoms with Crippen LogP contribution < -0.4 is 11.1 Å². The summed E-state index contributed by atoms with van der Waals surface area (Å²) in [6, 6.07) is 0. The van der Waals surface area contributed by atoms with Crippen molar-refractivity contribution in [3.8, 4) is 0 Å². The fraction of sp³-hybridized carbons (Fsp3) is 0.909. The summed E-state index contributed by atoms with van der Waals surface area (Å²) in [6.07, 6.45) is 1.92. The number of amides is 1. The maximum atomic E-state index is 11.7. The van der Waals surface area contributed by atoms with E-state index in [1.807, 2.05) is 0 Å². The second kappa shape index (κ2) is 5.47. The molecule has 0 heterocycles. The summed E-state index contributed by atoms with van der Waals surface area (Å²) in [5.74, 6) is 0.150. The molecule has 15 heavy (non-hydrogen) atoms. The third kappa shape index (κ3) is 3.18. The van der Waals surface area contributed by atoms with E-state index < -0.39 is 0 Å². The molecule has 4 heteroatoms. The molecule has 0 unspecified atom stereocenters. The van der Waals surface area contributed by atoms with Gasteiger partial charge in [-0.3, -0.25) is 4.79 Å². The number of rotatable bonds is 7. The van der Waals surface area contributed by atoms with Crippen LogP contribution >= 0.6 is 0 Å². The Kier molecular flexibility index (Phi) is 4.54. The van der Waals surface area contributed by atoms with E-state index in [1.54, 1.807) is 0 Å². The minimum Gasteiger partial charge on any atom is -0.354 e. The van der Waals surface area contributed by atoms with Crippen molar-refractivity contribution in [2.24, 2.45) is 11.1 Å². The highest BCUT2D eigenvalue weighted by atomic mass is 16.2. The predicted molar refractivity (Wildman–Crippen MR) is 61.5 cm³/mol. The standard InChI is InChI=1S/C11H23N3O/c1-3-14(4-2)8-7-13-10(15)11(9-12)5-6-11/h3-9,12H2,1-2H3,(H,13,15). The highest BCUT2D eigenvalue weighted by Gasteiger charge is 2.48. The number of hydrogen-bond donors (Lipinski definition) is 2. The Morgan fingerprint density at radius 1 is 1.40 bits per heavy atom. The first-order valence-electron chi connectivity index (χ1n) is 5.89. The van der Waals surface area contributed by atoms with Gasteiger partial charge in [-0.1, -0.05) is 13.8 Å². The molecule has 0 aromatic rings. The van der Waals surface area contributed by atoms with E-state index in [2.05, 4.69) is 24.1 Å². The van der Waals surface area contributed by atoms with Crippen molar-refractivity contribution in [3.05, 3.63) is 0 Å². The van der Waals surface area contributed by atoms with Crippen molar-refractivity contribution in [1.29, 1.82) is 0 Å². The molecular formula is C11H23N3O. The Balaban J connectivity index is 2.17. The summed E-state index contributed by atoms with van der Waals surface area (Å²) >= 11 is 0. The van der Waals surface area contributed by atoms with Gasteiger partial charge in [0.2, 0.25) is 5.91 Å². The zero-order valence-electron chi connectivity index (χ0n) is 9.88. The van der Waals surface area contributed by atoms with Crippen molar-refractivity contribution in [2.75, 3.05) is 32.7 Å². The topological polar surface area (TPSA) is 58.4 Å². The van der Waals surface area contributed by atoms with Gasteiger partial charge in [-0.05, 0) is 25.9 Å². The van der Waals surface area contributed by atoms with Crippen LogP contribution in [0.2, 0.25) is 0 Å². The Labute approximate surface area is 92.2 Å². The van der Waals surface area contributed by atoms with E-state index in [4.69, 9.17) is 5.73 Å². The molecule has 0 spiro atoms. The molecule has 1 amide bonds. The maximum Gasteiger partial charge on any atom is 0.227 e. The minimum atomic E-state index is -0.205. The average molecular weight is 213 g/mol. The number of nitrogens with zero attached hydrogens (tertiary/aromatic N) is 1. The lowest BCUT2D eigenvalue weighted by Gasteiger charge is -2.19. The zero-order chi connectivity index (χ0) is 11.3. The van der Waals surface area contributed by atoms with Gasteiger partial charge in [0, 0.05) is 19.6 Å². The van der Waals surface area contributed by atoms with Gasteiger partial charge in [-0.25, -0.2) is 0 Å². The molecule has 0 saturated heterocycles. The molecule has 0 radical (unpaired) electrons. The fourth-order valence-electron chi connectivity index (χ4n) is 1.73. The van der Waals surface area contributed by atoms with Gasteiger partial charge < -0.3 is 16.0 Å². The summed E-state index contributed by atoms with van der Waals surface area (Å²) in [5.41, 5.74) is 5.38. The Morgan fingerprint density at radius 3 is 2.40 bits per heavy atom. The van der Waals surface area contributed by atoms with E-state index in [1.165, 1.54) is 0 Å². The largest absolute Gasteiger partial charge is 0.354 e. The van der Waals surface area contributed by atoms with Gasteiger partial charge in [-0.2, -0.15) is 0 Å². The normalized spacial score (nSPS) is 17.9. The predicted octanol–water partition coefficient (Wildman–Crippen LogP) is 0.183. The van der Waals surface area contributed by atoms with Crippen molar-refractivity contribution in [2.45, 2.75) is 26.7 Å². The van der Waals surface area contributed by atoms with Gasteiger partial charge in [0.15, 0.2) is 0 Å². The van der Waals surface area contributed by atoms with E-state index in [0.29, 0.717) is 6.54 Å². The van der Waals surface area contributed by atoms with Crippen LogP contribution in [0.5, 0.6) is 0 Å². The molecule has 0 aromatic heterocycles. The lowest BCUT2D eigenvalue weighted by molar-refractivity contribution is -0.126. The number of likely N-dealkylation sites (N-methyl/N-ethyl adjacent to an activating group) is 1. The summed E-state index contributed by atoms with van der Waals surface area (Å²) in [4.78, 5) is 14.0. The van der Waals surface area contributed by atoms with Crippen LogP contribution in [0.4, 0.5) is 0 Å². The third-order valence-electron chi connectivity index (χ3n) is 3.33. The molecule has 1 aliphatic rings. The molecule has 3 N–H and O–H groups in total. The van der Waals surface area contributed by atoms with Crippen molar-refractivity contribution in [3.63, 3.8) is 0 Å². The first kappa shape index (κ1) is 12.5. The molecule has 0 aromatic carbocycles. The lowest BCUT2D eigenvalue weighted by Crippen LogP contribution is -2.40. The van der Waals surface area contributed by atoms with Gasteiger partial charge in [0.25, 0.3) is 0 Å². The number of nitrogens with one attached hydrogen (secondary N) is 1. The smallest absolute Gasteiger partial charge is 0.227 e. The second-order valence-corrected chi connectivity index (χ2v) is 4.27. The maximum absolute atomic E-state index is 11.7. The summed E-state index contributed by atoms with van der Waals surface area (Å²) in [7, 11) is 0. The van der Waals surface area contributed by atoms with Crippen molar-refractivity contribution < 1.29 is 4.79 Å². The van der Waals surface area contributed by atoms with Crippen LogP contribution in [-0.2, 0) is 4.79 Å². The second-order valence-electron chi connectivity index (χ2n) is 4.27. The van der Waals surface area contributed by atoms with Crippen LogP contribution in [0.25, 0.3) is 0 Å². The van der Waals surface area contributed by atoms with Crippen molar-refractivity contribution >= 4 is 5.91 Å². The van der Waals surface area contributed by atoms with Crippen molar-refractivity contribution in [1.82, 2.24) is 10.2 Å². The monoisotopic (exact) mass is 213 g/mol.